The quantitative estimate of drug-likeness (QED) is 0.905. The van der Waals surface area contributed by atoms with Gasteiger partial charge in [0.1, 0.15) is 0 Å². The molecular weight excluding hydrogens is 274 g/mol. The molecule has 2 heterocycles. The van der Waals surface area contributed by atoms with E-state index in [1.807, 2.05) is 24.3 Å². The lowest BCUT2D eigenvalue weighted by Crippen LogP contribution is -2.43. The van der Waals surface area contributed by atoms with Crippen LogP contribution in [0.15, 0.2) is 24.3 Å². The van der Waals surface area contributed by atoms with Gasteiger partial charge in [-0.1, -0.05) is 24.3 Å². The van der Waals surface area contributed by atoms with Crippen molar-refractivity contribution in [2.45, 2.75) is 18.9 Å². The van der Waals surface area contributed by atoms with Gasteiger partial charge >= 0.3 is 5.97 Å². The molecule has 0 spiro atoms. The average Bonchev–Trinajstić information content (AvgIpc) is 2.99. The summed E-state index contributed by atoms with van der Waals surface area (Å²) in [6.07, 6.45) is 0.916. The molecule has 1 aromatic rings. The molecule has 1 aromatic carbocycles. The highest BCUT2D eigenvalue weighted by atomic mass is 32.2. The highest BCUT2D eigenvalue weighted by Gasteiger charge is 2.35. The van der Waals surface area contributed by atoms with E-state index in [0.717, 1.165) is 29.1 Å². The standard InChI is InChI=1S/C15H17NO3S/c17-14(11-5-6-20-9-11)16-7-10-3-1-2-4-12(10)13(8-16)15(18)19/h1-4,11,13H,5-9H2,(H,18,19). The Hall–Kier alpha value is -1.49. The molecular formula is C15H17NO3S. The van der Waals surface area contributed by atoms with Crippen molar-refractivity contribution in [2.75, 3.05) is 18.1 Å². The zero-order valence-corrected chi connectivity index (χ0v) is 11.9. The largest absolute Gasteiger partial charge is 0.481 e. The van der Waals surface area contributed by atoms with Crippen LogP contribution in [0.1, 0.15) is 23.5 Å². The van der Waals surface area contributed by atoms with Crippen LogP contribution in [0.2, 0.25) is 0 Å². The first-order valence-electron chi connectivity index (χ1n) is 6.84. The summed E-state index contributed by atoms with van der Waals surface area (Å²) in [7, 11) is 0. The van der Waals surface area contributed by atoms with Gasteiger partial charge in [-0.05, 0) is 23.3 Å². The third kappa shape index (κ3) is 2.42. The zero-order valence-electron chi connectivity index (χ0n) is 11.1. The lowest BCUT2D eigenvalue weighted by molar-refractivity contribution is -0.142. The summed E-state index contributed by atoms with van der Waals surface area (Å²) in [5.41, 5.74) is 1.81. The maximum Gasteiger partial charge on any atom is 0.312 e. The number of carboxylic acids is 1. The van der Waals surface area contributed by atoms with Crippen molar-refractivity contribution < 1.29 is 14.7 Å². The number of aliphatic carboxylic acids is 1. The van der Waals surface area contributed by atoms with Crippen LogP contribution in [0.4, 0.5) is 0 Å². The molecule has 1 saturated heterocycles. The van der Waals surface area contributed by atoms with Gasteiger partial charge in [0.05, 0.1) is 5.92 Å². The van der Waals surface area contributed by atoms with Gasteiger partial charge in [-0.15, -0.1) is 0 Å². The number of hydrogen-bond acceptors (Lipinski definition) is 3. The van der Waals surface area contributed by atoms with Crippen LogP contribution >= 0.6 is 11.8 Å². The number of thioether (sulfide) groups is 1. The average molecular weight is 291 g/mol. The summed E-state index contributed by atoms with van der Waals surface area (Å²) in [5.74, 6) is 0.641. The number of fused-ring (bicyclic) bond motifs is 1. The minimum absolute atomic E-state index is 0.0692. The molecule has 1 N–H and O–H groups in total. The normalized spacial score (nSPS) is 25.3. The van der Waals surface area contributed by atoms with Gasteiger partial charge in [-0.25, -0.2) is 0 Å². The van der Waals surface area contributed by atoms with Gasteiger partial charge in [0, 0.05) is 24.8 Å². The smallest absolute Gasteiger partial charge is 0.312 e. The first-order valence-corrected chi connectivity index (χ1v) is 7.99. The number of rotatable bonds is 2. The molecule has 1 fully saturated rings. The van der Waals surface area contributed by atoms with Crippen molar-refractivity contribution in [1.29, 1.82) is 0 Å². The van der Waals surface area contributed by atoms with E-state index in [2.05, 4.69) is 0 Å². The van der Waals surface area contributed by atoms with Crippen LogP contribution in [0.25, 0.3) is 0 Å². The second-order valence-corrected chi connectivity index (χ2v) is 6.52. The Morgan fingerprint density at radius 3 is 2.80 bits per heavy atom. The highest BCUT2D eigenvalue weighted by molar-refractivity contribution is 7.99. The van der Waals surface area contributed by atoms with Crippen LogP contribution in [0.5, 0.6) is 0 Å². The van der Waals surface area contributed by atoms with Crippen LogP contribution in [0, 0.1) is 5.92 Å². The summed E-state index contributed by atoms with van der Waals surface area (Å²) in [6, 6.07) is 7.55. The maximum absolute atomic E-state index is 12.5. The van der Waals surface area contributed by atoms with E-state index in [-0.39, 0.29) is 11.8 Å². The highest BCUT2D eigenvalue weighted by Crippen LogP contribution is 2.32. The summed E-state index contributed by atoms with van der Waals surface area (Å²) in [6.45, 7) is 0.840. The van der Waals surface area contributed by atoms with Crippen molar-refractivity contribution in [1.82, 2.24) is 4.90 Å². The molecule has 4 nitrogen and oxygen atoms in total. The molecule has 20 heavy (non-hydrogen) atoms. The van der Waals surface area contributed by atoms with Crippen molar-refractivity contribution in [3.05, 3.63) is 35.4 Å². The minimum atomic E-state index is -0.851. The van der Waals surface area contributed by atoms with Gasteiger partial charge in [0.15, 0.2) is 0 Å². The molecule has 2 aliphatic rings. The van der Waals surface area contributed by atoms with Crippen molar-refractivity contribution in [3.8, 4) is 0 Å². The molecule has 2 unspecified atom stereocenters. The lowest BCUT2D eigenvalue weighted by Gasteiger charge is -2.34. The number of carbonyl (C=O) groups excluding carboxylic acids is 1. The molecule has 3 rings (SSSR count). The fraction of sp³-hybridized carbons (Fsp3) is 0.467. The Kier molecular flexibility index (Phi) is 3.70. The predicted molar refractivity (Wildman–Crippen MR) is 77.7 cm³/mol. The van der Waals surface area contributed by atoms with E-state index in [1.54, 1.807) is 16.7 Å². The number of hydrogen-bond donors (Lipinski definition) is 1. The lowest BCUT2D eigenvalue weighted by atomic mass is 9.89. The maximum atomic E-state index is 12.5. The first kappa shape index (κ1) is 13.5. The molecule has 106 valence electrons. The molecule has 5 heteroatoms. The zero-order chi connectivity index (χ0) is 14.1. The fourth-order valence-corrected chi connectivity index (χ4v) is 4.19. The summed E-state index contributed by atoms with van der Waals surface area (Å²) in [4.78, 5) is 25.7. The molecule has 0 aromatic heterocycles. The first-order chi connectivity index (χ1) is 9.66. The number of nitrogens with zero attached hydrogens (tertiary/aromatic N) is 1. The molecule has 1 amide bonds. The van der Waals surface area contributed by atoms with Gasteiger partial charge in [-0.2, -0.15) is 11.8 Å². The Bertz CT molecular complexity index is 540. The Morgan fingerprint density at radius 2 is 2.10 bits per heavy atom. The van der Waals surface area contributed by atoms with Crippen LogP contribution in [-0.2, 0) is 16.1 Å². The minimum Gasteiger partial charge on any atom is -0.481 e. The van der Waals surface area contributed by atoms with E-state index in [1.165, 1.54) is 0 Å². The second kappa shape index (κ2) is 5.48. The van der Waals surface area contributed by atoms with E-state index in [9.17, 15) is 14.7 Å². The monoisotopic (exact) mass is 291 g/mol. The fourth-order valence-electron chi connectivity index (χ4n) is 2.97. The summed E-state index contributed by atoms with van der Waals surface area (Å²) >= 11 is 1.80. The topological polar surface area (TPSA) is 57.6 Å². The third-order valence-corrected chi connectivity index (χ3v) is 5.25. The number of carboxylic acid groups (broad SMARTS) is 1. The van der Waals surface area contributed by atoms with Crippen LogP contribution < -0.4 is 0 Å². The molecule has 0 radical (unpaired) electrons. The summed E-state index contributed by atoms with van der Waals surface area (Å²) in [5, 5.41) is 9.41. The van der Waals surface area contributed by atoms with Gasteiger partial charge in [0.2, 0.25) is 5.91 Å². The van der Waals surface area contributed by atoms with Crippen molar-refractivity contribution in [3.63, 3.8) is 0 Å². The SMILES string of the molecule is O=C(O)C1CN(C(=O)C2CCSC2)Cc2ccccc21. The van der Waals surface area contributed by atoms with E-state index in [4.69, 9.17) is 0 Å². The van der Waals surface area contributed by atoms with Crippen molar-refractivity contribution in [2.24, 2.45) is 5.92 Å². The second-order valence-electron chi connectivity index (χ2n) is 5.37. The third-order valence-electron chi connectivity index (χ3n) is 4.08. The molecule has 0 aliphatic carbocycles. The molecule has 2 atom stereocenters. The Morgan fingerprint density at radius 1 is 1.30 bits per heavy atom. The van der Waals surface area contributed by atoms with Gasteiger partial charge < -0.3 is 10.0 Å². The molecule has 2 aliphatic heterocycles. The van der Waals surface area contributed by atoms with Crippen LogP contribution in [-0.4, -0.2) is 39.9 Å². The van der Waals surface area contributed by atoms with E-state index < -0.39 is 11.9 Å². The van der Waals surface area contributed by atoms with Gasteiger partial charge in [0.25, 0.3) is 0 Å². The number of amides is 1. The Labute approximate surface area is 122 Å². The number of carbonyl (C=O) groups is 2. The van der Waals surface area contributed by atoms with Crippen LogP contribution in [0.3, 0.4) is 0 Å². The molecule has 0 bridgehead atoms. The van der Waals surface area contributed by atoms with E-state index >= 15 is 0 Å². The predicted octanol–water partition coefficient (Wildman–Crippen LogP) is 1.95. The van der Waals surface area contributed by atoms with Crippen molar-refractivity contribution >= 4 is 23.6 Å². The van der Waals surface area contributed by atoms with Gasteiger partial charge in [-0.3, -0.25) is 9.59 Å². The Balaban J connectivity index is 1.86. The van der Waals surface area contributed by atoms with E-state index in [0.29, 0.717) is 13.1 Å². The number of benzene rings is 1. The molecule has 0 saturated carbocycles. The summed E-state index contributed by atoms with van der Waals surface area (Å²) < 4.78 is 0.